The molecule has 2 aliphatic heterocycles. The first kappa shape index (κ1) is 23.5. The fourth-order valence-electron chi connectivity index (χ4n) is 4.32. The van der Waals surface area contributed by atoms with E-state index in [0.717, 1.165) is 30.6 Å². The number of benzene rings is 1. The zero-order valence-electron chi connectivity index (χ0n) is 18.1. The predicted molar refractivity (Wildman–Crippen MR) is 121 cm³/mol. The second-order valence-corrected chi connectivity index (χ2v) is 8.81. The molecule has 1 aromatic rings. The number of allylic oxidation sites excluding steroid dienone is 1. The Kier molecular flexibility index (Phi) is 8.26. The molecule has 0 aromatic heterocycles. The van der Waals surface area contributed by atoms with Gasteiger partial charge in [-0.1, -0.05) is 35.1 Å². The molecule has 2 aliphatic rings. The van der Waals surface area contributed by atoms with Gasteiger partial charge in [-0.3, -0.25) is 4.79 Å². The number of hydrogen-bond donors (Lipinski definition) is 0. The number of ether oxygens (including phenoxy) is 3. The third-order valence-corrected chi connectivity index (χ3v) is 6.88. The van der Waals surface area contributed by atoms with Crippen molar-refractivity contribution in [1.29, 1.82) is 0 Å². The molecule has 0 spiro atoms. The summed E-state index contributed by atoms with van der Waals surface area (Å²) in [6.45, 7) is 4.22. The number of carbonyl (C=O) groups is 1. The quantitative estimate of drug-likeness (QED) is 0.160. The minimum absolute atomic E-state index is 0.00467. The highest BCUT2D eigenvalue weighted by Crippen LogP contribution is 2.42. The van der Waals surface area contributed by atoms with Crippen molar-refractivity contribution in [2.45, 2.75) is 62.6 Å². The van der Waals surface area contributed by atoms with Crippen LogP contribution in [0.3, 0.4) is 0 Å². The third kappa shape index (κ3) is 5.54. The molecule has 1 aromatic carbocycles. The molecule has 0 bridgehead atoms. The fourth-order valence-corrected chi connectivity index (χ4v) is 5.41. The second kappa shape index (κ2) is 10.9. The summed E-state index contributed by atoms with van der Waals surface area (Å²) < 4.78 is 17.7. The average molecular weight is 447 g/mol. The molecule has 31 heavy (non-hydrogen) atoms. The highest BCUT2D eigenvalue weighted by atomic mass is 32.2. The van der Waals surface area contributed by atoms with Crippen molar-refractivity contribution in [3.63, 3.8) is 0 Å². The van der Waals surface area contributed by atoms with E-state index >= 15 is 0 Å². The van der Waals surface area contributed by atoms with Crippen LogP contribution in [0.25, 0.3) is 10.4 Å². The maximum atomic E-state index is 12.8. The van der Waals surface area contributed by atoms with Crippen LogP contribution < -0.4 is 4.74 Å². The van der Waals surface area contributed by atoms with E-state index in [-0.39, 0.29) is 23.4 Å². The van der Waals surface area contributed by atoms with Crippen LogP contribution in [0, 0.1) is 0 Å². The SMILES string of the molecule is C=CCCCC1C[C@@H](N=[N+]=[N-])C[C@](OC)([C@@H]2CSC(=O)N2Cc2ccc(OC)cc2)O1. The van der Waals surface area contributed by atoms with Gasteiger partial charge in [0.05, 0.1) is 19.3 Å². The van der Waals surface area contributed by atoms with Crippen molar-refractivity contribution < 1.29 is 19.0 Å². The van der Waals surface area contributed by atoms with E-state index in [4.69, 9.17) is 19.7 Å². The molecule has 0 N–H and O–H groups in total. The number of thioether (sulfide) groups is 1. The van der Waals surface area contributed by atoms with Crippen molar-refractivity contribution in [1.82, 2.24) is 4.90 Å². The molecule has 168 valence electrons. The van der Waals surface area contributed by atoms with Crippen LogP contribution in [0.4, 0.5) is 4.79 Å². The summed E-state index contributed by atoms with van der Waals surface area (Å²) in [7, 11) is 3.23. The number of nitrogens with zero attached hydrogens (tertiary/aromatic N) is 4. The van der Waals surface area contributed by atoms with Crippen LogP contribution in [-0.4, -0.2) is 54.1 Å². The Hall–Kier alpha value is -2.19. The molecule has 8 nitrogen and oxygen atoms in total. The lowest BCUT2D eigenvalue weighted by molar-refractivity contribution is -0.292. The largest absolute Gasteiger partial charge is 0.497 e. The molecule has 2 saturated heterocycles. The smallest absolute Gasteiger partial charge is 0.282 e. The Bertz CT molecular complexity index is 814. The molecule has 1 unspecified atom stereocenters. The van der Waals surface area contributed by atoms with E-state index in [9.17, 15) is 4.79 Å². The maximum absolute atomic E-state index is 12.8. The predicted octanol–water partition coefficient (Wildman–Crippen LogP) is 5.29. The fraction of sp³-hybridized carbons (Fsp3) is 0.591. The molecular weight excluding hydrogens is 416 g/mol. The monoisotopic (exact) mass is 446 g/mol. The molecule has 2 fully saturated rings. The number of hydrogen-bond acceptors (Lipinski definition) is 6. The minimum atomic E-state index is -1.01. The van der Waals surface area contributed by atoms with Crippen LogP contribution >= 0.6 is 11.8 Å². The highest BCUT2D eigenvalue weighted by Gasteiger charge is 2.53. The summed E-state index contributed by atoms with van der Waals surface area (Å²) in [6.07, 6.45) is 5.51. The lowest BCUT2D eigenvalue weighted by Crippen LogP contribution is -2.59. The zero-order chi connectivity index (χ0) is 22.3. The molecule has 0 saturated carbocycles. The summed E-state index contributed by atoms with van der Waals surface area (Å²) in [5.41, 5.74) is 10.0. The van der Waals surface area contributed by atoms with E-state index in [0.29, 0.717) is 25.1 Å². The van der Waals surface area contributed by atoms with Gasteiger partial charge < -0.3 is 19.1 Å². The van der Waals surface area contributed by atoms with Gasteiger partial charge in [0, 0.05) is 36.8 Å². The van der Waals surface area contributed by atoms with Crippen LogP contribution in [0.1, 0.15) is 37.7 Å². The zero-order valence-corrected chi connectivity index (χ0v) is 18.9. The number of carbonyl (C=O) groups excluding carboxylic acids is 1. The summed E-state index contributed by atoms with van der Waals surface area (Å²) in [6, 6.07) is 7.15. The Morgan fingerprint density at radius 1 is 1.42 bits per heavy atom. The number of unbranched alkanes of at least 4 members (excludes halogenated alkanes) is 1. The summed E-state index contributed by atoms with van der Waals surface area (Å²) >= 11 is 1.27. The molecule has 0 radical (unpaired) electrons. The Balaban J connectivity index is 1.83. The van der Waals surface area contributed by atoms with Gasteiger partial charge in [-0.05, 0) is 48.9 Å². The van der Waals surface area contributed by atoms with Crippen molar-refractivity contribution >= 4 is 17.0 Å². The first-order chi connectivity index (χ1) is 15.0. The molecular formula is C22H30N4O4S. The van der Waals surface area contributed by atoms with E-state index < -0.39 is 5.79 Å². The van der Waals surface area contributed by atoms with E-state index in [1.165, 1.54) is 11.8 Å². The number of azide groups is 1. The molecule has 0 aliphatic carbocycles. The number of amides is 1. The lowest BCUT2D eigenvalue weighted by Gasteiger charge is -2.47. The molecule has 2 heterocycles. The first-order valence-corrected chi connectivity index (χ1v) is 11.5. The Morgan fingerprint density at radius 3 is 2.84 bits per heavy atom. The topological polar surface area (TPSA) is 96.8 Å². The second-order valence-electron chi connectivity index (χ2n) is 7.84. The van der Waals surface area contributed by atoms with Gasteiger partial charge in [-0.25, -0.2) is 0 Å². The summed E-state index contributed by atoms with van der Waals surface area (Å²) in [4.78, 5) is 17.6. The van der Waals surface area contributed by atoms with E-state index in [2.05, 4.69) is 16.6 Å². The van der Waals surface area contributed by atoms with E-state index in [1.54, 1.807) is 14.2 Å². The molecule has 4 atom stereocenters. The summed E-state index contributed by atoms with van der Waals surface area (Å²) in [5.74, 6) is 0.318. The van der Waals surface area contributed by atoms with E-state index in [1.807, 2.05) is 35.2 Å². The summed E-state index contributed by atoms with van der Waals surface area (Å²) in [5, 5.41) is 4.00. The minimum Gasteiger partial charge on any atom is -0.497 e. The van der Waals surface area contributed by atoms with Crippen LogP contribution in [0.2, 0.25) is 0 Å². The van der Waals surface area contributed by atoms with Crippen molar-refractivity contribution in [2.24, 2.45) is 5.11 Å². The normalized spacial score (nSPS) is 28.3. The van der Waals surface area contributed by atoms with Gasteiger partial charge >= 0.3 is 0 Å². The van der Waals surface area contributed by atoms with Gasteiger partial charge in [0.25, 0.3) is 5.24 Å². The van der Waals surface area contributed by atoms with Gasteiger partial charge in [0.15, 0.2) is 5.79 Å². The third-order valence-electron chi connectivity index (χ3n) is 5.91. The molecule has 9 heteroatoms. The van der Waals surface area contributed by atoms with Crippen LogP contribution in [0.15, 0.2) is 42.0 Å². The molecule has 1 amide bonds. The highest BCUT2D eigenvalue weighted by molar-refractivity contribution is 8.13. The Labute approximate surface area is 187 Å². The lowest BCUT2D eigenvalue weighted by atomic mass is 9.89. The van der Waals surface area contributed by atoms with Crippen molar-refractivity contribution in [3.8, 4) is 5.75 Å². The number of rotatable bonds is 10. The van der Waals surface area contributed by atoms with Crippen LogP contribution in [0.5, 0.6) is 5.75 Å². The molecule has 3 rings (SSSR count). The van der Waals surface area contributed by atoms with Crippen LogP contribution in [-0.2, 0) is 16.0 Å². The Morgan fingerprint density at radius 2 is 2.19 bits per heavy atom. The number of methoxy groups -OCH3 is 2. The van der Waals surface area contributed by atoms with Gasteiger partial charge in [0.2, 0.25) is 0 Å². The maximum Gasteiger partial charge on any atom is 0.282 e. The van der Waals surface area contributed by atoms with Crippen molar-refractivity contribution in [2.75, 3.05) is 20.0 Å². The standard InChI is InChI=1S/C22H30N4O4S/c1-4-5-6-7-19-12-17(24-25-23)13-22(29-3,30-19)20-15-31-21(27)26(20)14-16-8-10-18(28-2)11-9-16/h4,8-11,17,19-20H,1,5-7,12-15H2,2-3H3/t17-,19?,20+,22-/m1/s1. The van der Waals surface area contributed by atoms with Gasteiger partial charge in [0.1, 0.15) is 5.75 Å². The van der Waals surface area contributed by atoms with Gasteiger partial charge in [-0.2, -0.15) is 0 Å². The first-order valence-electron chi connectivity index (χ1n) is 10.5. The average Bonchev–Trinajstić information content (AvgIpc) is 3.15. The van der Waals surface area contributed by atoms with Gasteiger partial charge in [-0.15, -0.1) is 6.58 Å². The van der Waals surface area contributed by atoms with Crippen molar-refractivity contribution in [3.05, 3.63) is 52.9 Å².